The zero-order chi connectivity index (χ0) is 13.1. The van der Waals surface area contributed by atoms with Crippen LogP contribution in [-0.2, 0) is 11.0 Å². The molecule has 1 aromatic carbocycles. The molecule has 0 aliphatic carbocycles. The van der Waals surface area contributed by atoms with Gasteiger partial charge >= 0.3 is 12.1 Å². The summed E-state index contributed by atoms with van der Waals surface area (Å²) in [6, 6.07) is 2.91. The maximum absolute atomic E-state index is 12.6. The Balaban J connectivity index is 3.30. The summed E-state index contributed by atoms with van der Waals surface area (Å²) in [6.45, 7) is 0. The van der Waals surface area contributed by atoms with Gasteiger partial charge in [0.1, 0.15) is 6.29 Å². The molecule has 1 rings (SSSR count). The molecule has 17 heavy (non-hydrogen) atoms. The van der Waals surface area contributed by atoms with Gasteiger partial charge in [0.2, 0.25) is 0 Å². The van der Waals surface area contributed by atoms with Crippen molar-refractivity contribution >= 4 is 18.3 Å². The van der Waals surface area contributed by atoms with Crippen molar-refractivity contribution in [2.45, 2.75) is 6.18 Å². The van der Waals surface area contributed by atoms with Gasteiger partial charge in [0.25, 0.3) is 0 Å². The molecule has 6 heteroatoms. The van der Waals surface area contributed by atoms with E-state index in [9.17, 15) is 22.8 Å². The van der Waals surface area contributed by atoms with Crippen LogP contribution in [0.2, 0.25) is 0 Å². The number of carboxylic acids is 1. The number of carbonyl (C=O) groups excluding carboxylic acids is 1. The van der Waals surface area contributed by atoms with Gasteiger partial charge in [-0.3, -0.25) is 4.79 Å². The minimum Gasteiger partial charge on any atom is -0.478 e. The summed E-state index contributed by atoms with van der Waals surface area (Å²) in [6.07, 6.45) is -2.91. The highest BCUT2D eigenvalue weighted by Gasteiger charge is 2.32. The van der Waals surface area contributed by atoms with Gasteiger partial charge in [-0.25, -0.2) is 4.79 Å². The maximum atomic E-state index is 12.6. The number of hydrogen-bond acceptors (Lipinski definition) is 2. The molecule has 0 saturated heterocycles. The molecule has 0 aliphatic heterocycles. The first-order chi connectivity index (χ1) is 7.84. The van der Waals surface area contributed by atoms with Crippen LogP contribution in [0.5, 0.6) is 0 Å². The number of hydrogen-bond donors (Lipinski definition) is 1. The van der Waals surface area contributed by atoms with Gasteiger partial charge < -0.3 is 5.11 Å². The van der Waals surface area contributed by atoms with E-state index in [2.05, 4.69) is 0 Å². The van der Waals surface area contributed by atoms with Crippen molar-refractivity contribution in [1.29, 1.82) is 0 Å². The first-order valence-electron chi connectivity index (χ1n) is 4.42. The normalized spacial score (nSPS) is 11.7. The minimum atomic E-state index is -4.64. The van der Waals surface area contributed by atoms with E-state index in [1.165, 1.54) is 6.07 Å². The van der Waals surface area contributed by atoms with Gasteiger partial charge in [0.15, 0.2) is 0 Å². The fourth-order valence-electron chi connectivity index (χ4n) is 1.20. The largest absolute Gasteiger partial charge is 0.478 e. The van der Waals surface area contributed by atoms with Crippen LogP contribution in [0.25, 0.3) is 6.08 Å². The minimum absolute atomic E-state index is 0.121. The molecule has 0 spiro atoms. The van der Waals surface area contributed by atoms with Crippen molar-refractivity contribution in [2.24, 2.45) is 0 Å². The summed E-state index contributed by atoms with van der Waals surface area (Å²) in [5.41, 5.74) is -1.46. The third-order valence-corrected chi connectivity index (χ3v) is 1.92. The quantitative estimate of drug-likeness (QED) is 0.656. The topological polar surface area (TPSA) is 54.4 Å². The van der Waals surface area contributed by atoms with Crippen LogP contribution in [0.1, 0.15) is 21.5 Å². The third-order valence-electron chi connectivity index (χ3n) is 1.92. The van der Waals surface area contributed by atoms with Gasteiger partial charge in [-0.15, -0.1) is 0 Å². The molecular formula is C11H7F3O3. The van der Waals surface area contributed by atoms with Gasteiger partial charge in [-0.05, 0) is 17.7 Å². The second-order valence-electron chi connectivity index (χ2n) is 3.13. The lowest BCUT2D eigenvalue weighted by Crippen LogP contribution is -2.08. The number of rotatable bonds is 3. The van der Waals surface area contributed by atoms with Crippen LogP contribution < -0.4 is 0 Å². The molecule has 0 atom stereocenters. The van der Waals surface area contributed by atoms with Crippen LogP contribution in [-0.4, -0.2) is 17.4 Å². The van der Waals surface area contributed by atoms with Gasteiger partial charge in [-0.1, -0.05) is 12.1 Å². The second kappa shape index (κ2) is 4.82. The summed E-state index contributed by atoms with van der Waals surface area (Å²) >= 11 is 0. The number of carbonyl (C=O) groups is 2. The van der Waals surface area contributed by atoms with E-state index in [-0.39, 0.29) is 11.1 Å². The highest BCUT2D eigenvalue weighted by atomic mass is 19.4. The fourth-order valence-corrected chi connectivity index (χ4v) is 1.20. The predicted molar refractivity (Wildman–Crippen MR) is 53.5 cm³/mol. The molecule has 0 aromatic heterocycles. The Labute approximate surface area is 94.2 Å². The molecule has 0 radical (unpaired) electrons. The molecule has 0 heterocycles. The van der Waals surface area contributed by atoms with E-state index >= 15 is 0 Å². The van der Waals surface area contributed by atoms with Crippen molar-refractivity contribution in [3.05, 3.63) is 41.0 Å². The van der Waals surface area contributed by atoms with Crippen molar-refractivity contribution in [2.75, 3.05) is 0 Å². The first-order valence-corrected chi connectivity index (χ1v) is 4.42. The molecule has 90 valence electrons. The molecule has 1 aromatic rings. The Morgan fingerprint density at radius 3 is 2.41 bits per heavy atom. The van der Waals surface area contributed by atoms with Crippen LogP contribution in [0.15, 0.2) is 24.3 Å². The number of alkyl halides is 3. The van der Waals surface area contributed by atoms with E-state index in [0.29, 0.717) is 18.4 Å². The summed E-state index contributed by atoms with van der Waals surface area (Å²) in [7, 11) is 0. The van der Waals surface area contributed by atoms with Crippen LogP contribution >= 0.6 is 0 Å². The summed E-state index contributed by atoms with van der Waals surface area (Å²) in [5, 5.41) is 8.35. The number of halogens is 3. The average molecular weight is 244 g/mol. The Morgan fingerprint density at radius 2 is 1.94 bits per heavy atom. The van der Waals surface area contributed by atoms with Gasteiger partial charge in [0, 0.05) is 11.6 Å². The van der Waals surface area contributed by atoms with E-state index in [4.69, 9.17) is 5.11 Å². The SMILES string of the molecule is O=Cc1ccc(C=CC(=O)O)c(C(F)(F)F)c1. The van der Waals surface area contributed by atoms with Crippen molar-refractivity contribution in [1.82, 2.24) is 0 Å². The molecule has 0 unspecified atom stereocenters. The third kappa shape index (κ3) is 3.44. The molecule has 1 N–H and O–H groups in total. The van der Waals surface area contributed by atoms with Gasteiger partial charge in [0.05, 0.1) is 5.56 Å². The summed E-state index contributed by atoms with van der Waals surface area (Å²) in [5.74, 6) is -1.35. The van der Waals surface area contributed by atoms with Crippen LogP contribution in [0.4, 0.5) is 13.2 Å². The number of carboxylic acid groups (broad SMARTS) is 1. The molecule has 0 amide bonds. The highest BCUT2D eigenvalue weighted by molar-refractivity contribution is 5.86. The van der Waals surface area contributed by atoms with E-state index in [1.54, 1.807) is 0 Å². The zero-order valence-electron chi connectivity index (χ0n) is 8.36. The Bertz CT molecular complexity index is 475. The molecule has 0 aliphatic rings. The van der Waals surface area contributed by atoms with Crippen molar-refractivity contribution < 1.29 is 27.9 Å². The van der Waals surface area contributed by atoms with Crippen molar-refractivity contribution in [3.8, 4) is 0 Å². The molecule has 0 saturated carbocycles. The summed E-state index contributed by atoms with van der Waals surface area (Å²) in [4.78, 5) is 20.6. The molecule has 0 fully saturated rings. The zero-order valence-corrected chi connectivity index (χ0v) is 8.36. The Morgan fingerprint density at radius 1 is 1.29 bits per heavy atom. The lowest BCUT2D eigenvalue weighted by atomic mass is 10.0. The number of aliphatic carboxylic acids is 1. The van der Waals surface area contributed by atoms with Crippen LogP contribution in [0, 0.1) is 0 Å². The Kier molecular flexibility index (Phi) is 3.67. The number of aldehydes is 1. The Hall–Kier alpha value is -2.11. The maximum Gasteiger partial charge on any atom is 0.417 e. The monoisotopic (exact) mass is 244 g/mol. The summed E-state index contributed by atoms with van der Waals surface area (Å²) < 4.78 is 37.8. The molecular weight excluding hydrogens is 237 g/mol. The smallest absolute Gasteiger partial charge is 0.417 e. The first kappa shape index (κ1) is 13.0. The van der Waals surface area contributed by atoms with E-state index in [1.807, 2.05) is 0 Å². The van der Waals surface area contributed by atoms with Gasteiger partial charge in [-0.2, -0.15) is 13.2 Å². The van der Waals surface area contributed by atoms with E-state index in [0.717, 1.165) is 12.1 Å². The lowest BCUT2D eigenvalue weighted by Gasteiger charge is -2.10. The van der Waals surface area contributed by atoms with E-state index < -0.39 is 17.7 Å². The van der Waals surface area contributed by atoms with Crippen LogP contribution in [0.3, 0.4) is 0 Å². The average Bonchev–Trinajstić information content (AvgIpc) is 2.24. The number of benzene rings is 1. The highest BCUT2D eigenvalue weighted by Crippen LogP contribution is 2.33. The molecule has 0 bridgehead atoms. The second-order valence-corrected chi connectivity index (χ2v) is 3.13. The fraction of sp³-hybridized carbons (Fsp3) is 0.0909. The predicted octanol–water partition coefficient (Wildman–Crippen LogP) is 2.62. The lowest BCUT2D eigenvalue weighted by molar-refractivity contribution is -0.138. The van der Waals surface area contributed by atoms with Crippen molar-refractivity contribution in [3.63, 3.8) is 0 Å². The molecule has 3 nitrogen and oxygen atoms in total. The standard InChI is InChI=1S/C11H7F3O3/c12-11(13,14)9-5-7(6-15)1-2-8(9)3-4-10(16)17/h1-6H,(H,16,17).